The molecule has 92 heavy (non-hydrogen) atoms. The lowest BCUT2D eigenvalue weighted by molar-refractivity contribution is -0.870. The molecule has 0 aromatic rings. The number of rotatable bonds is 80. The second kappa shape index (κ2) is 74.2. The molecule has 9 nitrogen and oxygen atoms in total. The first-order valence-electron chi connectivity index (χ1n) is 41.7. The van der Waals surface area contributed by atoms with E-state index in [0.29, 0.717) is 17.4 Å². The van der Waals surface area contributed by atoms with Crippen LogP contribution in [0.25, 0.3) is 0 Å². The number of carbonyl (C=O) groups is 2. The molecule has 0 amide bonds. The molecule has 0 aromatic carbocycles. The molecular weight excluding hydrogens is 1160 g/mol. The molecule has 0 spiro atoms. The monoisotopic (exact) mass is 1320 g/mol. The summed E-state index contributed by atoms with van der Waals surface area (Å²) >= 11 is 0. The molecular formula is C82H164NO8P. The van der Waals surface area contributed by atoms with Crippen molar-refractivity contribution in [2.75, 3.05) is 47.5 Å². The summed E-state index contributed by atoms with van der Waals surface area (Å²) in [7, 11) is 1.20. The molecule has 0 fully saturated rings. The first kappa shape index (κ1) is 91.0. The van der Waals surface area contributed by atoms with Crippen molar-refractivity contribution in [3.8, 4) is 0 Å². The summed E-state index contributed by atoms with van der Waals surface area (Å²) in [6.07, 6.45) is 92.6. The molecule has 0 aromatic heterocycles. The zero-order valence-electron chi connectivity index (χ0n) is 63.1. The number of nitrogens with zero attached hydrogens (tertiary/aromatic N) is 1. The van der Waals surface area contributed by atoms with Crippen LogP contribution in [0.2, 0.25) is 0 Å². The van der Waals surface area contributed by atoms with E-state index >= 15 is 0 Å². The van der Waals surface area contributed by atoms with E-state index < -0.39 is 26.5 Å². The number of likely N-dealkylation sites (N-methyl/N-ethyl adjacent to an activating group) is 1. The van der Waals surface area contributed by atoms with Gasteiger partial charge in [0.1, 0.15) is 19.8 Å². The van der Waals surface area contributed by atoms with Crippen LogP contribution < -0.4 is 4.89 Å². The second-order valence-corrected chi connectivity index (χ2v) is 31.6. The minimum atomic E-state index is -4.64. The van der Waals surface area contributed by atoms with Gasteiger partial charge in [0.2, 0.25) is 0 Å². The summed E-state index contributed by atoms with van der Waals surface area (Å²) in [6.45, 7) is 4.35. The van der Waals surface area contributed by atoms with Crippen LogP contribution >= 0.6 is 7.82 Å². The third-order valence-corrected chi connectivity index (χ3v) is 20.6. The van der Waals surface area contributed by atoms with Gasteiger partial charge in [-0.2, -0.15) is 0 Å². The van der Waals surface area contributed by atoms with Crippen LogP contribution in [-0.2, 0) is 32.7 Å². The van der Waals surface area contributed by atoms with E-state index in [1.807, 2.05) is 21.1 Å². The van der Waals surface area contributed by atoms with Gasteiger partial charge in [0.05, 0.1) is 27.7 Å². The molecule has 0 saturated carbocycles. The van der Waals surface area contributed by atoms with Crippen LogP contribution in [0.3, 0.4) is 0 Å². The van der Waals surface area contributed by atoms with Gasteiger partial charge in [0.25, 0.3) is 7.82 Å². The van der Waals surface area contributed by atoms with Crippen LogP contribution in [0.4, 0.5) is 0 Å². The highest BCUT2D eigenvalue weighted by Crippen LogP contribution is 2.38. The van der Waals surface area contributed by atoms with Crippen molar-refractivity contribution < 1.29 is 42.1 Å². The third kappa shape index (κ3) is 78.0. The predicted octanol–water partition coefficient (Wildman–Crippen LogP) is 27.0. The van der Waals surface area contributed by atoms with Crippen molar-refractivity contribution in [3.05, 3.63) is 0 Å². The average molecular weight is 1320 g/mol. The Morgan fingerprint density at radius 1 is 0.293 bits per heavy atom. The Balaban J connectivity index is 3.86. The molecule has 2 atom stereocenters. The predicted molar refractivity (Wildman–Crippen MR) is 398 cm³/mol. The Bertz CT molecular complexity index is 1510. The van der Waals surface area contributed by atoms with E-state index in [1.165, 1.54) is 398 Å². The standard InChI is InChI=1S/C82H164NO8P/c1-6-8-10-12-14-16-18-20-22-24-26-28-30-32-34-36-38-39-40-41-42-43-45-47-49-51-53-55-57-59-61-63-65-67-69-71-73-75-82(85)91-80(79-90-92(86,87)89-77-76-83(3,4)5)78-88-81(84)74-72-70-68-66-64-62-60-58-56-54-52-50-48-46-44-37-35-33-31-29-27-25-23-21-19-17-15-13-11-9-7-2/h80H,6-79H2,1-5H3. The molecule has 10 heteroatoms. The Morgan fingerprint density at radius 3 is 0.696 bits per heavy atom. The van der Waals surface area contributed by atoms with Gasteiger partial charge in [0.15, 0.2) is 6.10 Å². The summed E-state index contributed by atoms with van der Waals surface area (Å²) in [5.41, 5.74) is 0. The Kier molecular flexibility index (Phi) is 73.4. The number of unbranched alkanes of at least 4 members (excludes halogenated alkanes) is 66. The van der Waals surface area contributed by atoms with Crippen molar-refractivity contribution >= 4 is 19.8 Å². The van der Waals surface area contributed by atoms with Crippen molar-refractivity contribution in [2.45, 2.75) is 469 Å². The van der Waals surface area contributed by atoms with Crippen molar-refractivity contribution in [1.82, 2.24) is 0 Å². The number of phosphoric ester groups is 1. The fraction of sp³-hybridized carbons (Fsp3) is 0.976. The minimum Gasteiger partial charge on any atom is -0.756 e. The summed E-state index contributed by atoms with van der Waals surface area (Å²) in [6, 6.07) is 0. The summed E-state index contributed by atoms with van der Waals surface area (Å²) in [5, 5.41) is 0. The van der Waals surface area contributed by atoms with Gasteiger partial charge in [-0.3, -0.25) is 14.2 Å². The van der Waals surface area contributed by atoms with Crippen LogP contribution in [0.5, 0.6) is 0 Å². The lowest BCUT2D eigenvalue weighted by atomic mass is 10.0. The summed E-state index contributed by atoms with van der Waals surface area (Å²) in [5.74, 6) is -0.799. The van der Waals surface area contributed by atoms with E-state index in [0.717, 1.165) is 32.1 Å². The van der Waals surface area contributed by atoms with E-state index in [-0.39, 0.29) is 32.0 Å². The van der Waals surface area contributed by atoms with Gasteiger partial charge >= 0.3 is 11.9 Å². The van der Waals surface area contributed by atoms with E-state index in [1.54, 1.807) is 0 Å². The normalized spacial score (nSPS) is 12.9. The molecule has 0 heterocycles. The lowest BCUT2D eigenvalue weighted by Crippen LogP contribution is -2.37. The molecule has 2 unspecified atom stereocenters. The molecule has 0 saturated heterocycles. The maximum atomic E-state index is 12.9. The second-order valence-electron chi connectivity index (χ2n) is 30.2. The molecule has 0 bridgehead atoms. The fourth-order valence-corrected chi connectivity index (χ4v) is 14.0. The number of hydrogen-bond donors (Lipinski definition) is 0. The maximum absolute atomic E-state index is 12.9. The zero-order valence-corrected chi connectivity index (χ0v) is 64.0. The van der Waals surface area contributed by atoms with Crippen molar-refractivity contribution in [3.63, 3.8) is 0 Å². The molecule has 0 aliphatic rings. The number of phosphoric acid groups is 1. The van der Waals surface area contributed by atoms with Gasteiger partial charge in [0, 0.05) is 12.8 Å². The number of ether oxygens (including phenoxy) is 2. The Morgan fingerprint density at radius 2 is 0.489 bits per heavy atom. The number of hydrogen-bond acceptors (Lipinski definition) is 8. The number of carbonyl (C=O) groups excluding carboxylic acids is 2. The SMILES string of the molecule is CCCCCCCCCCCCCCCCCCCCCCCCCCCCCCCCCCCCCCCC(=O)OC(COC(=O)CCCCCCCCCCCCCCCCCCCCCCCCCCCCCCCCC)COP(=O)([O-])OCC[N+](C)(C)C. The fourth-order valence-electron chi connectivity index (χ4n) is 13.3. The average Bonchev–Trinajstić information content (AvgIpc) is 2.34. The third-order valence-electron chi connectivity index (χ3n) is 19.6. The van der Waals surface area contributed by atoms with Gasteiger partial charge < -0.3 is 27.9 Å². The Hall–Kier alpha value is -0.990. The molecule has 0 aliphatic heterocycles. The quantitative estimate of drug-likeness (QED) is 0.0256. The largest absolute Gasteiger partial charge is 0.756 e. The molecule has 0 aliphatic carbocycles. The van der Waals surface area contributed by atoms with Crippen LogP contribution in [0, 0.1) is 0 Å². The van der Waals surface area contributed by atoms with Crippen molar-refractivity contribution in [2.24, 2.45) is 0 Å². The summed E-state index contributed by atoms with van der Waals surface area (Å²) < 4.78 is 34.5. The highest BCUT2D eigenvalue weighted by Gasteiger charge is 2.22. The smallest absolute Gasteiger partial charge is 0.306 e. The first-order valence-corrected chi connectivity index (χ1v) is 43.2. The van der Waals surface area contributed by atoms with Gasteiger partial charge in [-0.05, 0) is 12.8 Å². The topological polar surface area (TPSA) is 111 Å². The molecule has 0 radical (unpaired) electrons. The van der Waals surface area contributed by atoms with Crippen molar-refractivity contribution in [1.29, 1.82) is 0 Å². The molecule has 0 rings (SSSR count). The van der Waals surface area contributed by atoms with Gasteiger partial charge in [-0.25, -0.2) is 0 Å². The van der Waals surface area contributed by atoms with Crippen LogP contribution in [0.15, 0.2) is 0 Å². The van der Waals surface area contributed by atoms with Crippen LogP contribution in [-0.4, -0.2) is 70.0 Å². The van der Waals surface area contributed by atoms with E-state index in [4.69, 9.17) is 18.5 Å². The highest BCUT2D eigenvalue weighted by atomic mass is 31.2. The zero-order chi connectivity index (χ0) is 66.9. The number of esters is 2. The lowest BCUT2D eigenvalue weighted by Gasteiger charge is -2.28. The first-order chi connectivity index (χ1) is 45.0. The molecule has 550 valence electrons. The van der Waals surface area contributed by atoms with Gasteiger partial charge in [-0.15, -0.1) is 0 Å². The minimum absolute atomic E-state index is 0.0246. The highest BCUT2D eigenvalue weighted by molar-refractivity contribution is 7.45. The maximum Gasteiger partial charge on any atom is 0.306 e. The van der Waals surface area contributed by atoms with E-state index in [9.17, 15) is 19.0 Å². The Labute approximate surface area is 575 Å². The summed E-state index contributed by atoms with van der Waals surface area (Å²) in [4.78, 5) is 38.2. The van der Waals surface area contributed by atoms with E-state index in [2.05, 4.69) is 13.8 Å². The number of quaternary nitrogens is 1. The van der Waals surface area contributed by atoms with Crippen LogP contribution in [0.1, 0.15) is 463 Å². The van der Waals surface area contributed by atoms with Gasteiger partial charge in [-0.1, -0.05) is 438 Å². The molecule has 0 N–H and O–H groups in total.